The molecule has 10 aromatic carbocycles. The SMILES string of the molecule is CC(C)(C)c1ccc2c(c1)c1ccc3c4cc(-c5ccc6c(c5)c5ccc7c8cc(C(C)(C)C)ccc8n(-c8ccccc8)c7c5n6-c5ccccc5)ccc4n(-c4ccccc4)c3c1n2-c1ccccc1. The van der Waals surface area contributed by atoms with E-state index in [1.165, 1.54) is 109 Å². The van der Waals surface area contributed by atoms with Crippen molar-refractivity contribution in [1.29, 1.82) is 0 Å². The van der Waals surface area contributed by atoms with E-state index in [-0.39, 0.29) is 10.8 Å². The molecule has 0 aliphatic carbocycles. The molecule has 0 N–H and O–H groups in total. The Morgan fingerprint density at radius 1 is 0.236 bits per heavy atom. The summed E-state index contributed by atoms with van der Waals surface area (Å²) in [7, 11) is 0. The van der Waals surface area contributed by atoms with Crippen molar-refractivity contribution in [2.75, 3.05) is 0 Å². The molecule has 0 aliphatic heterocycles. The largest absolute Gasteiger partial charge is 0.307 e. The number of fused-ring (bicyclic) bond motifs is 14. The highest BCUT2D eigenvalue weighted by atomic mass is 15.1. The topological polar surface area (TPSA) is 19.7 Å². The molecule has 0 radical (unpaired) electrons. The van der Waals surface area contributed by atoms with Crippen LogP contribution in [0.3, 0.4) is 0 Å². The summed E-state index contributed by atoms with van der Waals surface area (Å²) in [6.45, 7) is 13.8. The van der Waals surface area contributed by atoms with Gasteiger partial charge in [-0.1, -0.05) is 163 Å². The summed E-state index contributed by atoms with van der Waals surface area (Å²) in [5.41, 5.74) is 19.3. The first-order valence-electron chi connectivity index (χ1n) is 25.3. The molecule has 346 valence electrons. The lowest BCUT2D eigenvalue weighted by Gasteiger charge is -2.19. The van der Waals surface area contributed by atoms with Gasteiger partial charge in [-0.25, -0.2) is 0 Å². The van der Waals surface area contributed by atoms with Crippen LogP contribution in [0.4, 0.5) is 0 Å². The van der Waals surface area contributed by atoms with Gasteiger partial charge in [-0.3, -0.25) is 0 Å². The first-order valence-corrected chi connectivity index (χ1v) is 25.3. The van der Waals surface area contributed by atoms with Crippen LogP contribution in [0.25, 0.3) is 121 Å². The average Bonchev–Trinajstić information content (AvgIpc) is 4.13. The van der Waals surface area contributed by atoms with E-state index in [9.17, 15) is 0 Å². The Labute approximate surface area is 419 Å². The van der Waals surface area contributed by atoms with Crippen molar-refractivity contribution < 1.29 is 0 Å². The summed E-state index contributed by atoms with van der Waals surface area (Å²) in [5.74, 6) is 0. The summed E-state index contributed by atoms with van der Waals surface area (Å²) >= 11 is 0. The minimum atomic E-state index is 0.0130. The van der Waals surface area contributed by atoms with Gasteiger partial charge in [0.05, 0.1) is 44.1 Å². The third-order valence-electron chi connectivity index (χ3n) is 15.4. The van der Waals surface area contributed by atoms with Crippen LogP contribution in [0.1, 0.15) is 52.7 Å². The number of rotatable bonds is 5. The van der Waals surface area contributed by atoms with Gasteiger partial charge < -0.3 is 18.3 Å². The molecule has 0 amide bonds. The molecule has 4 aromatic heterocycles. The van der Waals surface area contributed by atoms with Gasteiger partial charge in [0.15, 0.2) is 0 Å². The molecule has 14 rings (SSSR count). The van der Waals surface area contributed by atoms with Crippen LogP contribution in [-0.4, -0.2) is 18.3 Å². The summed E-state index contributed by atoms with van der Waals surface area (Å²) in [4.78, 5) is 0. The van der Waals surface area contributed by atoms with Crippen molar-refractivity contribution in [2.45, 2.75) is 52.4 Å². The monoisotopic (exact) mass is 926 g/mol. The van der Waals surface area contributed by atoms with Gasteiger partial charge in [0.2, 0.25) is 0 Å². The van der Waals surface area contributed by atoms with Crippen LogP contribution in [0.5, 0.6) is 0 Å². The maximum Gasteiger partial charge on any atom is 0.0788 e. The van der Waals surface area contributed by atoms with E-state index in [0.717, 1.165) is 22.7 Å². The molecule has 14 aromatic rings. The van der Waals surface area contributed by atoms with E-state index in [4.69, 9.17) is 0 Å². The van der Waals surface area contributed by atoms with Gasteiger partial charge in [0.25, 0.3) is 0 Å². The maximum atomic E-state index is 2.50. The Balaban J connectivity index is 1.05. The Morgan fingerprint density at radius 2 is 0.486 bits per heavy atom. The number of aromatic nitrogens is 4. The number of hydrogen-bond acceptors (Lipinski definition) is 0. The van der Waals surface area contributed by atoms with Gasteiger partial charge >= 0.3 is 0 Å². The van der Waals surface area contributed by atoms with Crippen LogP contribution < -0.4 is 0 Å². The normalized spacial score (nSPS) is 12.6. The molecule has 0 unspecified atom stereocenters. The van der Waals surface area contributed by atoms with Gasteiger partial charge in [-0.05, 0) is 130 Å². The van der Waals surface area contributed by atoms with Gasteiger partial charge in [0, 0.05) is 65.8 Å². The highest BCUT2D eigenvalue weighted by Crippen LogP contribution is 2.46. The van der Waals surface area contributed by atoms with E-state index in [0.29, 0.717) is 0 Å². The molecule has 0 aliphatic rings. The summed E-state index contributed by atoms with van der Waals surface area (Å²) in [6.07, 6.45) is 0. The number of hydrogen-bond donors (Lipinski definition) is 0. The van der Waals surface area contributed by atoms with Crippen LogP contribution >= 0.6 is 0 Å². The second-order valence-corrected chi connectivity index (χ2v) is 21.8. The predicted octanol–water partition coefficient (Wildman–Crippen LogP) is 18.3. The highest BCUT2D eigenvalue weighted by molar-refractivity contribution is 6.26. The quantitative estimate of drug-likeness (QED) is 0.164. The summed E-state index contributed by atoms with van der Waals surface area (Å²) in [6, 6.07) is 81.5. The number of para-hydroxylation sites is 4. The smallest absolute Gasteiger partial charge is 0.0788 e. The lowest BCUT2D eigenvalue weighted by atomic mass is 9.86. The van der Waals surface area contributed by atoms with Gasteiger partial charge in [0.1, 0.15) is 0 Å². The van der Waals surface area contributed by atoms with Crippen molar-refractivity contribution in [1.82, 2.24) is 18.3 Å². The highest BCUT2D eigenvalue weighted by Gasteiger charge is 2.26. The molecule has 0 saturated carbocycles. The number of nitrogens with zero attached hydrogens (tertiary/aromatic N) is 4. The minimum absolute atomic E-state index is 0.0130. The van der Waals surface area contributed by atoms with Crippen molar-refractivity contribution in [3.63, 3.8) is 0 Å². The molecule has 4 nitrogen and oxygen atoms in total. The molecule has 0 saturated heterocycles. The number of benzene rings is 10. The first kappa shape index (κ1) is 42.3. The van der Waals surface area contributed by atoms with Crippen LogP contribution in [0.15, 0.2) is 218 Å². The summed E-state index contributed by atoms with van der Waals surface area (Å²) in [5, 5.41) is 9.96. The molecule has 0 fully saturated rings. The fourth-order valence-electron chi connectivity index (χ4n) is 11.9. The second-order valence-electron chi connectivity index (χ2n) is 21.8. The summed E-state index contributed by atoms with van der Waals surface area (Å²) < 4.78 is 9.98. The van der Waals surface area contributed by atoms with Crippen molar-refractivity contribution in [3.8, 4) is 33.9 Å². The first-order chi connectivity index (χ1) is 35.0. The molecule has 0 spiro atoms. The molecule has 4 heteroatoms. The van der Waals surface area contributed by atoms with Gasteiger partial charge in [-0.2, -0.15) is 0 Å². The standard InChI is InChI=1S/C68H54N4/c1-67(2,3)45-29-37-61-57(41-45)53-33-31-51-55-39-43(27-35-59(55)69(47-19-11-7-12-20-47)63(51)65(53)71(61)49-23-15-9-16-24-49)44-28-36-60-56(40-44)52-32-34-54-58-42-46(68(4,5)6)30-38-62(58)72(50-25-17-10-18-26-50)66(54)64(52)70(60)48-21-13-8-14-22-48/h7-42H,1-6H3. The molecular formula is C68H54N4. The zero-order chi connectivity index (χ0) is 48.6. The zero-order valence-corrected chi connectivity index (χ0v) is 41.6. The van der Waals surface area contributed by atoms with E-state index < -0.39 is 0 Å². The maximum absolute atomic E-state index is 2.50. The molecule has 0 bridgehead atoms. The molecule has 0 atom stereocenters. The fourth-order valence-corrected chi connectivity index (χ4v) is 11.9. The molecule has 4 heterocycles. The average molecular weight is 927 g/mol. The lowest BCUT2D eigenvalue weighted by molar-refractivity contribution is 0.591. The fraction of sp³-hybridized carbons (Fsp3) is 0.118. The Bertz CT molecular complexity index is 4180. The minimum Gasteiger partial charge on any atom is -0.307 e. The van der Waals surface area contributed by atoms with Crippen LogP contribution in [0.2, 0.25) is 0 Å². The van der Waals surface area contributed by atoms with Crippen LogP contribution in [0, 0.1) is 0 Å². The van der Waals surface area contributed by atoms with E-state index in [2.05, 4.69) is 278 Å². The van der Waals surface area contributed by atoms with Crippen molar-refractivity contribution >= 4 is 87.2 Å². The Morgan fingerprint density at radius 3 is 0.750 bits per heavy atom. The van der Waals surface area contributed by atoms with E-state index >= 15 is 0 Å². The lowest BCUT2D eigenvalue weighted by Crippen LogP contribution is -2.10. The van der Waals surface area contributed by atoms with Crippen LogP contribution in [-0.2, 0) is 10.8 Å². The van der Waals surface area contributed by atoms with Crippen molar-refractivity contribution in [3.05, 3.63) is 230 Å². The van der Waals surface area contributed by atoms with E-state index in [1.54, 1.807) is 0 Å². The van der Waals surface area contributed by atoms with E-state index in [1.807, 2.05) is 0 Å². The Kier molecular flexibility index (Phi) is 9.07. The second kappa shape index (κ2) is 15.4. The molecular weight excluding hydrogens is 873 g/mol. The molecule has 72 heavy (non-hydrogen) atoms. The third kappa shape index (κ3) is 6.24. The third-order valence-corrected chi connectivity index (χ3v) is 15.4. The zero-order valence-electron chi connectivity index (χ0n) is 41.6. The van der Waals surface area contributed by atoms with Gasteiger partial charge in [-0.15, -0.1) is 0 Å². The van der Waals surface area contributed by atoms with Crippen molar-refractivity contribution in [2.24, 2.45) is 0 Å². The Hall–Kier alpha value is -8.60. The predicted molar refractivity (Wildman–Crippen MR) is 307 cm³/mol.